The number of ether oxygens (including phenoxy) is 2. The summed E-state index contributed by atoms with van der Waals surface area (Å²) in [5.74, 6) is 0.205. The third-order valence-corrected chi connectivity index (χ3v) is 5.55. The van der Waals surface area contributed by atoms with Crippen molar-refractivity contribution in [2.45, 2.75) is 13.5 Å². The molecule has 0 saturated heterocycles. The van der Waals surface area contributed by atoms with Gasteiger partial charge in [-0.15, -0.1) is 0 Å². The summed E-state index contributed by atoms with van der Waals surface area (Å²) in [5, 5.41) is 2.85. The Bertz CT molecular complexity index is 1570. The van der Waals surface area contributed by atoms with Gasteiger partial charge in [-0.25, -0.2) is 14.8 Å². The van der Waals surface area contributed by atoms with E-state index in [1.807, 2.05) is 66.7 Å². The summed E-state index contributed by atoms with van der Waals surface area (Å²) in [5.41, 5.74) is 4.51. The van der Waals surface area contributed by atoms with Gasteiger partial charge in [0.25, 0.3) is 0 Å². The van der Waals surface area contributed by atoms with E-state index in [0.717, 1.165) is 5.56 Å². The molecule has 5 aromatic rings. The van der Waals surface area contributed by atoms with Crippen molar-refractivity contribution in [3.63, 3.8) is 0 Å². The van der Waals surface area contributed by atoms with E-state index in [2.05, 4.69) is 5.32 Å². The molecule has 4 aromatic carbocycles. The normalized spacial score (nSPS) is 10.6. The van der Waals surface area contributed by atoms with Crippen LogP contribution >= 0.6 is 0 Å². The maximum atomic E-state index is 12.4. The first-order valence-corrected chi connectivity index (χ1v) is 11.7. The molecule has 0 aliphatic rings. The van der Waals surface area contributed by atoms with Gasteiger partial charge >= 0.3 is 5.97 Å². The lowest BCUT2D eigenvalue weighted by molar-refractivity contribution is -0.114. The molecule has 7 nitrogen and oxygen atoms in total. The van der Waals surface area contributed by atoms with Crippen molar-refractivity contribution in [3.8, 4) is 22.9 Å². The molecule has 1 N–H and O–H groups in total. The molecule has 0 spiro atoms. The first-order chi connectivity index (χ1) is 18.1. The van der Waals surface area contributed by atoms with E-state index in [1.54, 1.807) is 36.4 Å². The zero-order valence-electron chi connectivity index (χ0n) is 20.0. The minimum absolute atomic E-state index is 0.186. The number of esters is 1. The molecule has 0 unspecified atom stereocenters. The maximum absolute atomic E-state index is 12.4. The van der Waals surface area contributed by atoms with Gasteiger partial charge in [0.2, 0.25) is 11.8 Å². The molecule has 5 rings (SSSR count). The minimum atomic E-state index is -0.434. The van der Waals surface area contributed by atoms with Crippen molar-refractivity contribution in [3.05, 3.63) is 114 Å². The molecule has 0 aliphatic heterocycles. The first kappa shape index (κ1) is 23.7. The average Bonchev–Trinajstić information content (AvgIpc) is 2.92. The molecule has 1 aromatic heterocycles. The molecule has 1 heterocycles. The summed E-state index contributed by atoms with van der Waals surface area (Å²) >= 11 is 0. The van der Waals surface area contributed by atoms with Crippen molar-refractivity contribution in [1.82, 2.24) is 9.97 Å². The van der Waals surface area contributed by atoms with Gasteiger partial charge in [0.1, 0.15) is 18.1 Å². The Kier molecular flexibility index (Phi) is 6.85. The summed E-state index contributed by atoms with van der Waals surface area (Å²) in [6.07, 6.45) is 0. The summed E-state index contributed by atoms with van der Waals surface area (Å²) in [6, 6.07) is 30.9. The van der Waals surface area contributed by atoms with Crippen molar-refractivity contribution in [2.75, 3.05) is 5.32 Å². The molecule has 0 fully saturated rings. The Labute approximate surface area is 213 Å². The zero-order chi connectivity index (χ0) is 25.6. The number of nitrogens with one attached hydrogen (secondary N) is 1. The van der Waals surface area contributed by atoms with Crippen LogP contribution in [-0.4, -0.2) is 21.8 Å². The molecular weight excluding hydrogens is 466 g/mol. The number of amides is 1. The number of hydrogen-bond acceptors (Lipinski definition) is 6. The summed E-state index contributed by atoms with van der Waals surface area (Å²) < 4.78 is 11.5. The number of fused-ring (bicyclic) bond motifs is 1. The molecule has 0 saturated carbocycles. The SMILES string of the molecule is CC(=O)Nc1ccccc1-c1nc2ccccc2nc1OCc1ccc(C(=O)Oc2ccccc2)cc1. The van der Waals surface area contributed by atoms with Crippen LogP contribution in [0.5, 0.6) is 11.6 Å². The van der Waals surface area contributed by atoms with Gasteiger partial charge in [-0.05, 0) is 48.0 Å². The van der Waals surface area contributed by atoms with Crippen LogP contribution in [0.1, 0.15) is 22.8 Å². The van der Waals surface area contributed by atoms with E-state index in [9.17, 15) is 9.59 Å². The number of rotatable bonds is 7. The molecule has 182 valence electrons. The molecular formula is C30H23N3O4. The van der Waals surface area contributed by atoms with E-state index in [4.69, 9.17) is 19.4 Å². The van der Waals surface area contributed by atoms with E-state index in [-0.39, 0.29) is 12.5 Å². The highest BCUT2D eigenvalue weighted by Crippen LogP contribution is 2.34. The number of nitrogens with zero attached hydrogens (tertiary/aromatic N) is 2. The van der Waals surface area contributed by atoms with E-state index in [1.165, 1.54) is 6.92 Å². The lowest BCUT2D eigenvalue weighted by Crippen LogP contribution is -2.09. The van der Waals surface area contributed by atoms with Gasteiger partial charge in [0, 0.05) is 12.5 Å². The van der Waals surface area contributed by atoms with Crippen LogP contribution in [0.2, 0.25) is 0 Å². The number of aromatic nitrogens is 2. The quantitative estimate of drug-likeness (QED) is 0.221. The molecule has 1 amide bonds. The Morgan fingerprint density at radius 1 is 0.757 bits per heavy atom. The van der Waals surface area contributed by atoms with Crippen molar-refractivity contribution in [2.24, 2.45) is 0 Å². The van der Waals surface area contributed by atoms with Crippen molar-refractivity contribution in [1.29, 1.82) is 0 Å². The lowest BCUT2D eigenvalue weighted by atomic mass is 10.1. The fraction of sp³-hybridized carbons (Fsp3) is 0.0667. The summed E-state index contributed by atoms with van der Waals surface area (Å²) in [6.45, 7) is 1.66. The molecule has 0 atom stereocenters. The largest absolute Gasteiger partial charge is 0.471 e. The number of carbonyl (C=O) groups is 2. The second-order valence-electron chi connectivity index (χ2n) is 8.28. The zero-order valence-corrected chi connectivity index (χ0v) is 20.0. The number of carbonyl (C=O) groups excluding carboxylic acids is 2. The van der Waals surface area contributed by atoms with Crippen LogP contribution in [0.3, 0.4) is 0 Å². The van der Waals surface area contributed by atoms with Gasteiger partial charge in [-0.2, -0.15) is 0 Å². The van der Waals surface area contributed by atoms with Crippen LogP contribution in [0.4, 0.5) is 5.69 Å². The molecule has 0 radical (unpaired) electrons. The number of para-hydroxylation sites is 4. The second-order valence-corrected chi connectivity index (χ2v) is 8.28. The second kappa shape index (κ2) is 10.7. The van der Waals surface area contributed by atoms with Crippen molar-refractivity contribution < 1.29 is 19.1 Å². The highest BCUT2D eigenvalue weighted by Gasteiger charge is 2.17. The Hall–Kier alpha value is -5.04. The highest BCUT2D eigenvalue weighted by atomic mass is 16.5. The standard InChI is InChI=1S/C30H23N3O4/c1-20(34)31-25-12-6-5-11-24(25)28-29(33-27-14-8-7-13-26(27)32-28)36-19-21-15-17-22(18-16-21)30(35)37-23-9-3-2-4-10-23/h2-18H,19H2,1H3,(H,31,34). The van der Waals surface area contributed by atoms with Crippen LogP contribution in [0, 0.1) is 0 Å². The fourth-order valence-corrected chi connectivity index (χ4v) is 3.79. The average molecular weight is 490 g/mol. The number of benzene rings is 4. The Morgan fingerprint density at radius 2 is 1.41 bits per heavy atom. The smallest absolute Gasteiger partial charge is 0.343 e. The monoisotopic (exact) mass is 489 g/mol. The van der Waals surface area contributed by atoms with E-state index in [0.29, 0.717) is 45.2 Å². The van der Waals surface area contributed by atoms with E-state index < -0.39 is 5.97 Å². The predicted octanol–water partition coefficient (Wildman–Crippen LogP) is 6.05. The molecule has 7 heteroatoms. The maximum Gasteiger partial charge on any atom is 0.343 e. The van der Waals surface area contributed by atoms with Crippen molar-refractivity contribution >= 4 is 28.6 Å². The lowest BCUT2D eigenvalue weighted by Gasteiger charge is -2.14. The van der Waals surface area contributed by atoms with Crippen LogP contribution in [-0.2, 0) is 11.4 Å². The summed E-state index contributed by atoms with van der Waals surface area (Å²) in [7, 11) is 0. The number of hydrogen-bond donors (Lipinski definition) is 1. The van der Waals surface area contributed by atoms with E-state index >= 15 is 0 Å². The number of anilines is 1. The Balaban J connectivity index is 1.40. The van der Waals surface area contributed by atoms with Gasteiger partial charge < -0.3 is 14.8 Å². The molecule has 0 aliphatic carbocycles. The fourth-order valence-electron chi connectivity index (χ4n) is 3.79. The molecule has 37 heavy (non-hydrogen) atoms. The Morgan fingerprint density at radius 3 is 2.14 bits per heavy atom. The van der Waals surface area contributed by atoms with Crippen LogP contribution in [0.25, 0.3) is 22.3 Å². The van der Waals surface area contributed by atoms with Crippen LogP contribution < -0.4 is 14.8 Å². The first-order valence-electron chi connectivity index (χ1n) is 11.7. The van der Waals surface area contributed by atoms with Gasteiger partial charge in [0.05, 0.1) is 22.3 Å². The van der Waals surface area contributed by atoms with Gasteiger partial charge in [-0.1, -0.05) is 60.7 Å². The van der Waals surface area contributed by atoms with Gasteiger partial charge in [0.15, 0.2) is 0 Å². The van der Waals surface area contributed by atoms with Crippen LogP contribution in [0.15, 0.2) is 103 Å². The molecule has 0 bridgehead atoms. The van der Waals surface area contributed by atoms with Gasteiger partial charge in [-0.3, -0.25) is 4.79 Å². The summed E-state index contributed by atoms with van der Waals surface area (Å²) in [4.78, 5) is 33.7. The predicted molar refractivity (Wildman–Crippen MR) is 141 cm³/mol. The highest BCUT2D eigenvalue weighted by molar-refractivity contribution is 5.95. The topological polar surface area (TPSA) is 90.4 Å². The minimum Gasteiger partial charge on any atom is -0.471 e. The third kappa shape index (κ3) is 5.62. The third-order valence-electron chi connectivity index (χ3n) is 5.55.